The molecule has 3 heteroatoms. The van der Waals surface area contributed by atoms with Crippen LogP contribution >= 0.6 is 15.9 Å². The van der Waals surface area contributed by atoms with E-state index in [-0.39, 0.29) is 6.10 Å². The standard InChI is InChI=1S/C18H19BrO2/c1-11(2)12-4-6-13(7-5-12)16-9-14-8-15(19)10-17(20-3)18(14)21-16/h4-8,10-11,16H,9H2,1-3H3. The molecule has 3 rings (SSSR count). The number of benzene rings is 2. The third kappa shape index (κ3) is 2.80. The maximum atomic E-state index is 6.12. The summed E-state index contributed by atoms with van der Waals surface area (Å²) in [5.74, 6) is 2.22. The predicted octanol–water partition coefficient (Wildman–Crippen LogP) is 5.26. The first-order chi connectivity index (χ1) is 10.1. The predicted molar refractivity (Wildman–Crippen MR) is 88.3 cm³/mol. The minimum Gasteiger partial charge on any atom is -0.493 e. The fourth-order valence-electron chi connectivity index (χ4n) is 2.72. The molecule has 0 saturated carbocycles. The Morgan fingerprint density at radius 1 is 1.19 bits per heavy atom. The Hall–Kier alpha value is -1.48. The van der Waals surface area contributed by atoms with E-state index in [1.807, 2.05) is 6.07 Å². The zero-order valence-corrected chi connectivity index (χ0v) is 14.1. The van der Waals surface area contributed by atoms with Gasteiger partial charge in [-0.1, -0.05) is 54.0 Å². The third-order valence-electron chi connectivity index (χ3n) is 3.96. The lowest BCUT2D eigenvalue weighted by molar-refractivity contribution is 0.228. The average Bonchev–Trinajstić information content (AvgIpc) is 2.90. The van der Waals surface area contributed by atoms with E-state index in [0.717, 1.165) is 22.4 Å². The topological polar surface area (TPSA) is 18.5 Å². The lowest BCUT2D eigenvalue weighted by atomic mass is 9.98. The van der Waals surface area contributed by atoms with Crippen LogP contribution in [-0.2, 0) is 6.42 Å². The molecule has 1 atom stereocenters. The molecule has 1 aliphatic rings. The number of rotatable bonds is 3. The second-order valence-corrected chi connectivity index (χ2v) is 6.64. The van der Waals surface area contributed by atoms with Crippen LogP contribution in [0.25, 0.3) is 0 Å². The summed E-state index contributed by atoms with van der Waals surface area (Å²) in [6.45, 7) is 4.42. The Morgan fingerprint density at radius 3 is 2.52 bits per heavy atom. The zero-order chi connectivity index (χ0) is 15.0. The molecule has 1 unspecified atom stereocenters. The van der Waals surface area contributed by atoms with E-state index >= 15 is 0 Å². The second-order valence-electron chi connectivity index (χ2n) is 5.73. The smallest absolute Gasteiger partial charge is 0.165 e. The molecular formula is C18H19BrO2. The maximum absolute atomic E-state index is 6.12. The molecule has 0 saturated heterocycles. The summed E-state index contributed by atoms with van der Waals surface area (Å²) in [7, 11) is 1.68. The van der Waals surface area contributed by atoms with Gasteiger partial charge in [0.05, 0.1) is 7.11 Å². The van der Waals surface area contributed by atoms with Gasteiger partial charge in [0.2, 0.25) is 0 Å². The van der Waals surface area contributed by atoms with Crippen molar-refractivity contribution in [2.24, 2.45) is 0 Å². The molecule has 1 aliphatic heterocycles. The van der Waals surface area contributed by atoms with E-state index in [4.69, 9.17) is 9.47 Å². The summed E-state index contributed by atoms with van der Waals surface area (Å²) in [5.41, 5.74) is 3.77. The van der Waals surface area contributed by atoms with Crippen molar-refractivity contribution < 1.29 is 9.47 Å². The van der Waals surface area contributed by atoms with Crippen LogP contribution in [0.15, 0.2) is 40.9 Å². The van der Waals surface area contributed by atoms with Crippen LogP contribution in [0.1, 0.15) is 42.6 Å². The van der Waals surface area contributed by atoms with Gasteiger partial charge in [0.15, 0.2) is 11.5 Å². The van der Waals surface area contributed by atoms with Crippen molar-refractivity contribution in [3.63, 3.8) is 0 Å². The van der Waals surface area contributed by atoms with E-state index in [9.17, 15) is 0 Å². The van der Waals surface area contributed by atoms with Gasteiger partial charge in [-0.15, -0.1) is 0 Å². The largest absolute Gasteiger partial charge is 0.493 e. The van der Waals surface area contributed by atoms with E-state index in [1.165, 1.54) is 16.7 Å². The number of methoxy groups -OCH3 is 1. The van der Waals surface area contributed by atoms with Crippen molar-refractivity contribution in [3.05, 3.63) is 57.6 Å². The van der Waals surface area contributed by atoms with Gasteiger partial charge in [-0.25, -0.2) is 0 Å². The van der Waals surface area contributed by atoms with Gasteiger partial charge in [0.25, 0.3) is 0 Å². The highest BCUT2D eigenvalue weighted by Crippen LogP contribution is 2.44. The van der Waals surface area contributed by atoms with Gasteiger partial charge in [-0.2, -0.15) is 0 Å². The Balaban J connectivity index is 1.87. The monoisotopic (exact) mass is 346 g/mol. The van der Waals surface area contributed by atoms with Crippen LogP contribution in [-0.4, -0.2) is 7.11 Å². The first kappa shape index (κ1) is 14.5. The van der Waals surface area contributed by atoms with Crippen LogP contribution in [0.3, 0.4) is 0 Å². The molecule has 2 aromatic rings. The van der Waals surface area contributed by atoms with Crippen LogP contribution in [0.4, 0.5) is 0 Å². The molecule has 110 valence electrons. The Bertz CT molecular complexity index is 647. The summed E-state index contributed by atoms with van der Waals surface area (Å²) in [5, 5.41) is 0. The van der Waals surface area contributed by atoms with Gasteiger partial charge < -0.3 is 9.47 Å². The molecule has 0 fully saturated rings. The Morgan fingerprint density at radius 2 is 1.90 bits per heavy atom. The fraction of sp³-hybridized carbons (Fsp3) is 0.333. The van der Waals surface area contributed by atoms with Gasteiger partial charge in [-0.05, 0) is 29.2 Å². The van der Waals surface area contributed by atoms with Gasteiger partial charge in [0.1, 0.15) is 6.10 Å². The first-order valence-corrected chi connectivity index (χ1v) is 8.00. The van der Waals surface area contributed by atoms with Crippen LogP contribution in [0.5, 0.6) is 11.5 Å². The number of fused-ring (bicyclic) bond motifs is 1. The molecule has 0 N–H and O–H groups in total. The number of hydrogen-bond acceptors (Lipinski definition) is 2. The molecule has 0 amide bonds. The van der Waals surface area contributed by atoms with E-state index in [2.05, 4.69) is 60.1 Å². The lowest BCUT2D eigenvalue weighted by Crippen LogP contribution is -2.03. The van der Waals surface area contributed by atoms with Crippen molar-refractivity contribution in [3.8, 4) is 11.5 Å². The maximum Gasteiger partial charge on any atom is 0.165 e. The van der Waals surface area contributed by atoms with Gasteiger partial charge in [-0.3, -0.25) is 0 Å². The lowest BCUT2D eigenvalue weighted by Gasteiger charge is -2.13. The molecule has 0 aromatic heterocycles. The highest BCUT2D eigenvalue weighted by molar-refractivity contribution is 9.10. The second kappa shape index (κ2) is 5.72. The minimum absolute atomic E-state index is 0.0735. The molecular weight excluding hydrogens is 328 g/mol. The Kier molecular flexibility index (Phi) is 3.94. The molecule has 0 spiro atoms. The third-order valence-corrected chi connectivity index (χ3v) is 4.41. The normalized spacial score (nSPS) is 16.7. The van der Waals surface area contributed by atoms with E-state index in [1.54, 1.807) is 7.11 Å². The highest BCUT2D eigenvalue weighted by Gasteiger charge is 2.27. The summed E-state index contributed by atoms with van der Waals surface area (Å²) >= 11 is 3.52. The SMILES string of the molecule is COc1cc(Br)cc2c1OC(c1ccc(C(C)C)cc1)C2. The fourth-order valence-corrected chi connectivity index (χ4v) is 3.21. The number of halogens is 1. The van der Waals surface area contributed by atoms with Gasteiger partial charge in [0, 0.05) is 16.5 Å². The Labute approximate surface area is 134 Å². The van der Waals surface area contributed by atoms with Crippen molar-refractivity contribution >= 4 is 15.9 Å². The van der Waals surface area contributed by atoms with E-state index < -0.39 is 0 Å². The summed E-state index contributed by atoms with van der Waals surface area (Å²) in [6.07, 6.45) is 0.955. The summed E-state index contributed by atoms with van der Waals surface area (Å²) in [4.78, 5) is 0. The molecule has 21 heavy (non-hydrogen) atoms. The van der Waals surface area contributed by atoms with Crippen molar-refractivity contribution in [2.45, 2.75) is 32.3 Å². The van der Waals surface area contributed by atoms with Crippen molar-refractivity contribution in [1.29, 1.82) is 0 Å². The molecule has 0 radical (unpaired) electrons. The molecule has 0 aliphatic carbocycles. The number of hydrogen-bond donors (Lipinski definition) is 0. The average molecular weight is 347 g/mol. The number of ether oxygens (including phenoxy) is 2. The highest BCUT2D eigenvalue weighted by atomic mass is 79.9. The van der Waals surface area contributed by atoms with Crippen molar-refractivity contribution in [1.82, 2.24) is 0 Å². The first-order valence-electron chi connectivity index (χ1n) is 7.21. The molecule has 2 aromatic carbocycles. The minimum atomic E-state index is 0.0735. The van der Waals surface area contributed by atoms with Crippen LogP contribution < -0.4 is 9.47 Å². The summed E-state index contributed by atoms with van der Waals surface area (Å²) in [6, 6.07) is 12.8. The van der Waals surface area contributed by atoms with Crippen molar-refractivity contribution in [2.75, 3.05) is 7.11 Å². The van der Waals surface area contributed by atoms with Crippen LogP contribution in [0.2, 0.25) is 0 Å². The molecule has 2 nitrogen and oxygen atoms in total. The summed E-state index contributed by atoms with van der Waals surface area (Å²) < 4.78 is 12.6. The quantitative estimate of drug-likeness (QED) is 0.754. The van der Waals surface area contributed by atoms with E-state index in [0.29, 0.717) is 5.92 Å². The molecule has 0 bridgehead atoms. The zero-order valence-electron chi connectivity index (χ0n) is 12.5. The molecule has 1 heterocycles. The van der Waals surface area contributed by atoms with Gasteiger partial charge >= 0.3 is 0 Å². The van der Waals surface area contributed by atoms with Crippen LogP contribution in [0, 0.1) is 0 Å².